The summed E-state index contributed by atoms with van der Waals surface area (Å²) < 4.78 is 6.84. The van der Waals surface area contributed by atoms with E-state index in [4.69, 9.17) is 4.74 Å². The van der Waals surface area contributed by atoms with Gasteiger partial charge in [-0.15, -0.1) is 0 Å². The lowest BCUT2D eigenvalue weighted by atomic mass is 10.1. The molecule has 4 rings (SSSR count). The SMILES string of the molecule is COc1ccc(-c2n[nH]c(CNC(=O)CCc3c(C)nc4ncnn4c3C)n2)cc1. The van der Waals surface area contributed by atoms with Crippen molar-refractivity contribution in [1.29, 1.82) is 0 Å². The van der Waals surface area contributed by atoms with Gasteiger partial charge in [-0.3, -0.25) is 9.89 Å². The lowest BCUT2D eigenvalue weighted by Gasteiger charge is -2.10. The van der Waals surface area contributed by atoms with Crippen LogP contribution in [0.3, 0.4) is 0 Å². The van der Waals surface area contributed by atoms with Gasteiger partial charge >= 0.3 is 0 Å². The third-order valence-corrected chi connectivity index (χ3v) is 4.92. The summed E-state index contributed by atoms with van der Waals surface area (Å²) in [5.41, 5.74) is 3.68. The van der Waals surface area contributed by atoms with Crippen molar-refractivity contribution >= 4 is 11.7 Å². The molecule has 0 aliphatic carbocycles. The van der Waals surface area contributed by atoms with E-state index < -0.39 is 0 Å². The van der Waals surface area contributed by atoms with E-state index in [9.17, 15) is 4.79 Å². The maximum absolute atomic E-state index is 12.3. The second kappa shape index (κ2) is 8.27. The van der Waals surface area contributed by atoms with Crippen molar-refractivity contribution in [3.63, 3.8) is 0 Å². The maximum Gasteiger partial charge on any atom is 0.252 e. The van der Waals surface area contributed by atoms with E-state index in [2.05, 4.69) is 35.6 Å². The summed E-state index contributed by atoms with van der Waals surface area (Å²) in [6, 6.07) is 7.47. The van der Waals surface area contributed by atoms with E-state index in [1.165, 1.54) is 6.33 Å². The van der Waals surface area contributed by atoms with E-state index in [-0.39, 0.29) is 12.5 Å². The molecule has 4 aromatic rings. The molecule has 0 unspecified atom stereocenters. The summed E-state index contributed by atoms with van der Waals surface area (Å²) in [5.74, 6) is 2.42. The van der Waals surface area contributed by atoms with Crippen LogP contribution in [-0.2, 0) is 17.8 Å². The molecule has 0 saturated heterocycles. The minimum Gasteiger partial charge on any atom is -0.497 e. The molecule has 0 bridgehead atoms. The van der Waals surface area contributed by atoms with Crippen LogP contribution in [0.2, 0.25) is 0 Å². The highest BCUT2D eigenvalue weighted by Gasteiger charge is 2.13. The van der Waals surface area contributed by atoms with E-state index >= 15 is 0 Å². The molecule has 10 heteroatoms. The first kappa shape index (κ1) is 19.5. The van der Waals surface area contributed by atoms with Crippen LogP contribution >= 0.6 is 0 Å². The van der Waals surface area contributed by atoms with E-state index in [1.807, 2.05) is 38.1 Å². The number of H-pyrrole nitrogens is 1. The highest BCUT2D eigenvalue weighted by molar-refractivity contribution is 5.76. The normalized spacial score (nSPS) is 11.0. The number of nitrogens with one attached hydrogen (secondary N) is 2. The van der Waals surface area contributed by atoms with Gasteiger partial charge in [0.2, 0.25) is 5.91 Å². The zero-order chi connectivity index (χ0) is 21.1. The fourth-order valence-electron chi connectivity index (χ4n) is 3.27. The summed E-state index contributed by atoms with van der Waals surface area (Å²) >= 11 is 0. The molecule has 0 atom stereocenters. The van der Waals surface area contributed by atoms with Crippen LogP contribution in [0.25, 0.3) is 17.2 Å². The molecule has 2 N–H and O–H groups in total. The number of hydrogen-bond donors (Lipinski definition) is 2. The Balaban J connectivity index is 1.34. The van der Waals surface area contributed by atoms with E-state index in [0.717, 1.165) is 28.3 Å². The molecule has 1 amide bonds. The van der Waals surface area contributed by atoms with Crippen LogP contribution in [-0.4, -0.2) is 47.8 Å². The number of hydrogen-bond acceptors (Lipinski definition) is 7. The van der Waals surface area contributed by atoms with Crippen molar-refractivity contribution in [2.75, 3.05) is 7.11 Å². The largest absolute Gasteiger partial charge is 0.497 e. The first-order chi connectivity index (χ1) is 14.5. The van der Waals surface area contributed by atoms with Crippen LogP contribution in [0, 0.1) is 13.8 Å². The van der Waals surface area contributed by atoms with Crippen molar-refractivity contribution in [3.8, 4) is 17.1 Å². The highest BCUT2D eigenvalue weighted by Crippen LogP contribution is 2.19. The Bertz CT molecular complexity index is 1180. The fourth-order valence-corrected chi connectivity index (χ4v) is 3.27. The monoisotopic (exact) mass is 406 g/mol. The topological polar surface area (TPSA) is 123 Å². The zero-order valence-corrected chi connectivity index (χ0v) is 17.0. The molecule has 0 aliphatic rings. The predicted octanol–water partition coefficient (Wildman–Crippen LogP) is 1.78. The van der Waals surface area contributed by atoms with Gasteiger partial charge in [0.15, 0.2) is 5.82 Å². The van der Waals surface area contributed by atoms with Gasteiger partial charge in [0.05, 0.1) is 13.7 Å². The van der Waals surface area contributed by atoms with Crippen molar-refractivity contribution in [2.24, 2.45) is 0 Å². The summed E-state index contributed by atoms with van der Waals surface area (Å²) in [6.45, 7) is 4.16. The van der Waals surface area contributed by atoms with Crippen LogP contribution in [0.1, 0.15) is 29.2 Å². The summed E-state index contributed by atoms with van der Waals surface area (Å²) in [4.78, 5) is 25.3. The number of carbonyl (C=O) groups is 1. The molecule has 30 heavy (non-hydrogen) atoms. The number of aromatic amines is 1. The smallest absolute Gasteiger partial charge is 0.252 e. The molecule has 10 nitrogen and oxygen atoms in total. The predicted molar refractivity (Wildman–Crippen MR) is 109 cm³/mol. The number of fused-ring (bicyclic) bond motifs is 1. The second-order valence-electron chi connectivity index (χ2n) is 6.84. The molecule has 1 aromatic carbocycles. The highest BCUT2D eigenvalue weighted by atomic mass is 16.5. The van der Waals surface area contributed by atoms with Crippen LogP contribution in [0.15, 0.2) is 30.6 Å². The van der Waals surface area contributed by atoms with Crippen LogP contribution in [0.4, 0.5) is 0 Å². The van der Waals surface area contributed by atoms with Gasteiger partial charge in [-0.2, -0.15) is 15.2 Å². The van der Waals surface area contributed by atoms with Crippen LogP contribution < -0.4 is 10.1 Å². The molecule has 0 aliphatic heterocycles. The number of nitrogens with zero attached hydrogens (tertiary/aromatic N) is 6. The first-order valence-electron chi connectivity index (χ1n) is 9.53. The van der Waals surface area contributed by atoms with Crippen molar-refractivity contribution < 1.29 is 9.53 Å². The molecule has 0 saturated carbocycles. The van der Waals surface area contributed by atoms with Gasteiger partial charge < -0.3 is 10.1 Å². The summed E-state index contributed by atoms with van der Waals surface area (Å²) in [5, 5.41) is 14.1. The average Bonchev–Trinajstić information content (AvgIpc) is 3.42. The minimum atomic E-state index is -0.0742. The average molecular weight is 406 g/mol. The molecule has 3 heterocycles. The molecular weight excluding hydrogens is 384 g/mol. The maximum atomic E-state index is 12.3. The Hall–Kier alpha value is -3.82. The van der Waals surface area contributed by atoms with Gasteiger partial charge in [0.25, 0.3) is 5.78 Å². The summed E-state index contributed by atoms with van der Waals surface area (Å²) in [6.07, 6.45) is 2.38. The number of benzene rings is 1. The molecule has 0 fully saturated rings. The number of aryl methyl sites for hydroxylation is 2. The number of ether oxygens (including phenoxy) is 1. The molecule has 0 radical (unpaired) electrons. The lowest BCUT2D eigenvalue weighted by Crippen LogP contribution is -2.24. The number of amides is 1. The Morgan fingerprint density at radius 3 is 2.77 bits per heavy atom. The van der Waals surface area contributed by atoms with Crippen molar-refractivity contribution in [1.82, 2.24) is 40.1 Å². The van der Waals surface area contributed by atoms with Crippen molar-refractivity contribution in [3.05, 3.63) is 53.4 Å². The van der Waals surface area contributed by atoms with Crippen molar-refractivity contribution in [2.45, 2.75) is 33.2 Å². The Labute approximate surface area is 172 Å². The first-order valence-corrected chi connectivity index (χ1v) is 9.53. The Kier molecular flexibility index (Phi) is 5.38. The second-order valence-corrected chi connectivity index (χ2v) is 6.84. The van der Waals surface area contributed by atoms with E-state index in [1.54, 1.807) is 11.6 Å². The van der Waals surface area contributed by atoms with Crippen LogP contribution in [0.5, 0.6) is 5.75 Å². The standard InChI is InChI=1S/C20H22N8O2/c1-12-16(13(2)28-20(24-12)22-11-23-28)8-9-18(29)21-10-17-25-19(27-26-17)14-4-6-15(30-3)7-5-14/h4-7,11H,8-10H2,1-3H3,(H,21,29)(H,25,26,27). The van der Waals surface area contributed by atoms with Gasteiger partial charge in [0, 0.05) is 23.4 Å². The Morgan fingerprint density at radius 2 is 2.00 bits per heavy atom. The lowest BCUT2D eigenvalue weighted by molar-refractivity contribution is -0.121. The Morgan fingerprint density at radius 1 is 1.20 bits per heavy atom. The number of rotatable bonds is 7. The van der Waals surface area contributed by atoms with Gasteiger partial charge in [-0.05, 0) is 50.1 Å². The third kappa shape index (κ3) is 3.97. The summed E-state index contributed by atoms with van der Waals surface area (Å²) in [7, 11) is 1.62. The quantitative estimate of drug-likeness (QED) is 0.479. The number of aromatic nitrogens is 7. The van der Waals surface area contributed by atoms with Gasteiger partial charge in [-0.25, -0.2) is 14.5 Å². The minimum absolute atomic E-state index is 0.0742. The molecule has 3 aromatic heterocycles. The molecule has 0 spiro atoms. The third-order valence-electron chi connectivity index (χ3n) is 4.92. The number of methoxy groups -OCH3 is 1. The fraction of sp³-hybridized carbons (Fsp3) is 0.300. The zero-order valence-electron chi connectivity index (χ0n) is 17.0. The molecule has 154 valence electrons. The number of carbonyl (C=O) groups excluding carboxylic acids is 1. The van der Waals surface area contributed by atoms with Gasteiger partial charge in [0.1, 0.15) is 17.9 Å². The van der Waals surface area contributed by atoms with E-state index in [0.29, 0.717) is 30.3 Å². The van der Waals surface area contributed by atoms with Gasteiger partial charge in [-0.1, -0.05) is 0 Å². The molecular formula is C20H22N8O2.